The van der Waals surface area contributed by atoms with E-state index in [9.17, 15) is 4.79 Å². The minimum absolute atomic E-state index is 0.190. The van der Waals surface area contributed by atoms with Crippen molar-refractivity contribution >= 4 is 29.1 Å². The third kappa shape index (κ3) is 4.36. The molecule has 102 valence electrons. The molecule has 0 N–H and O–H groups in total. The summed E-state index contributed by atoms with van der Waals surface area (Å²) in [5.74, 6) is 0.418. The molecule has 0 aliphatic carbocycles. The molecule has 2 aromatic heterocycles. The average Bonchev–Trinajstić information content (AvgIpc) is 3.07. The molecule has 0 saturated carbocycles. The molecule has 7 heteroatoms. The third-order valence-electron chi connectivity index (χ3n) is 2.21. The van der Waals surface area contributed by atoms with Gasteiger partial charge in [0.2, 0.25) is 0 Å². The summed E-state index contributed by atoms with van der Waals surface area (Å²) in [4.78, 5) is 12.3. The van der Waals surface area contributed by atoms with Gasteiger partial charge in [-0.15, -0.1) is 21.5 Å². The molecule has 0 spiro atoms. The molecule has 0 fully saturated rings. The number of thioether (sulfide) groups is 1. The molecule has 0 radical (unpaired) electrons. The van der Waals surface area contributed by atoms with Gasteiger partial charge in [0.05, 0.1) is 11.5 Å². The van der Waals surface area contributed by atoms with Crippen LogP contribution in [0.3, 0.4) is 0 Å². The first-order valence-electron chi connectivity index (χ1n) is 5.95. The maximum absolute atomic E-state index is 11.4. The molecule has 0 aliphatic heterocycles. The average molecular weight is 298 g/mol. The molecule has 0 amide bonds. The van der Waals surface area contributed by atoms with E-state index in [-0.39, 0.29) is 11.7 Å². The normalized spacial score (nSPS) is 10.6. The first kappa shape index (κ1) is 14.1. The van der Waals surface area contributed by atoms with Crippen LogP contribution in [0.2, 0.25) is 0 Å². The molecule has 2 rings (SSSR count). The zero-order valence-corrected chi connectivity index (χ0v) is 12.1. The van der Waals surface area contributed by atoms with Crippen LogP contribution in [-0.4, -0.2) is 28.5 Å². The lowest BCUT2D eigenvalue weighted by atomic mass is 10.4. The summed E-state index contributed by atoms with van der Waals surface area (Å²) in [5, 5.41) is 10.1. The maximum atomic E-state index is 11.4. The Morgan fingerprint density at radius 1 is 1.53 bits per heavy atom. The molecule has 0 aliphatic rings. The topological polar surface area (TPSA) is 65.2 Å². The molecule has 0 aromatic carbocycles. The SMILES string of the molecule is CCCCOC(=O)CSc1nnc(-c2cccs2)o1. The highest BCUT2D eigenvalue weighted by atomic mass is 32.2. The predicted octanol–water partition coefficient (Wildman–Crippen LogP) is 3.23. The van der Waals surface area contributed by atoms with Crippen molar-refractivity contribution in [2.45, 2.75) is 25.0 Å². The Hall–Kier alpha value is -1.34. The largest absolute Gasteiger partial charge is 0.465 e. The molecular formula is C12H14N2O3S2. The quantitative estimate of drug-likeness (QED) is 0.444. The van der Waals surface area contributed by atoms with E-state index in [0.29, 0.717) is 17.7 Å². The monoisotopic (exact) mass is 298 g/mol. The van der Waals surface area contributed by atoms with E-state index >= 15 is 0 Å². The van der Waals surface area contributed by atoms with Crippen molar-refractivity contribution in [3.05, 3.63) is 17.5 Å². The van der Waals surface area contributed by atoms with Gasteiger partial charge in [-0.05, 0) is 17.9 Å². The number of nitrogens with zero attached hydrogens (tertiary/aromatic N) is 2. The van der Waals surface area contributed by atoms with E-state index in [2.05, 4.69) is 10.2 Å². The van der Waals surface area contributed by atoms with Crippen LogP contribution in [0.4, 0.5) is 0 Å². The molecule has 5 nitrogen and oxygen atoms in total. The zero-order chi connectivity index (χ0) is 13.5. The number of rotatable bonds is 7. The second-order valence-corrected chi connectivity index (χ2v) is 5.59. The summed E-state index contributed by atoms with van der Waals surface area (Å²) in [5.41, 5.74) is 0. The summed E-state index contributed by atoms with van der Waals surface area (Å²) < 4.78 is 10.5. The van der Waals surface area contributed by atoms with Crippen LogP contribution in [0.1, 0.15) is 19.8 Å². The second kappa shape index (κ2) is 7.30. The number of unbranched alkanes of at least 4 members (excludes halogenated alkanes) is 1. The number of carbonyl (C=O) groups is 1. The van der Waals surface area contributed by atoms with Crippen molar-refractivity contribution in [3.8, 4) is 10.8 Å². The molecule has 0 saturated heterocycles. The summed E-state index contributed by atoms with van der Waals surface area (Å²) >= 11 is 2.72. The molecule has 0 atom stereocenters. The molecule has 0 bridgehead atoms. The van der Waals surface area contributed by atoms with Gasteiger partial charge in [-0.2, -0.15) is 0 Å². The maximum Gasteiger partial charge on any atom is 0.316 e. The third-order valence-corrected chi connectivity index (χ3v) is 3.86. The van der Waals surface area contributed by atoms with Gasteiger partial charge >= 0.3 is 5.97 Å². The Morgan fingerprint density at radius 2 is 2.42 bits per heavy atom. The van der Waals surface area contributed by atoms with Gasteiger partial charge in [0.15, 0.2) is 0 Å². The van der Waals surface area contributed by atoms with E-state index in [1.807, 2.05) is 24.4 Å². The smallest absolute Gasteiger partial charge is 0.316 e. The Labute approximate surface area is 119 Å². The van der Waals surface area contributed by atoms with Gasteiger partial charge in [-0.1, -0.05) is 31.2 Å². The van der Waals surface area contributed by atoms with Gasteiger partial charge in [0, 0.05) is 0 Å². The Kier molecular flexibility index (Phi) is 5.41. The summed E-state index contributed by atoms with van der Waals surface area (Å²) in [6.07, 6.45) is 1.90. The molecule has 2 heterocycles. The number of carbonyl (C=O) groups excluding carboxylic acids is 1. The lowest BCUT2D eigenvalue weighted by Gasteiger charge is -2.01. The van der Waals surface area contributed by atoms with Crippen molar-refractivity contribution in [3.63, 3.8) is 0 Å². The summed E-state index contributed by atoms with van der Waals surface area (Å²) in [7, 11) is 0. The van der Waals surface area contributed by atoms with Crippen molar-refractivity contribution in [2.75, 3.05) is 12.4 Å². The summed E-state index contributed by atoms with van der Waals surface area (Å²) in [6, 6.07) is 3.83. The number of esters is 1. The van der Waals surface area contributed by atoms with E-state index in [1.54, 1.807) is 0 Å². The first-order valence-corrected chi connectivity index (χ1v) is 7.82. The van der Waals surface area contributed by atoms with E-state index in [4.69, 9.17) is 9.15 Å². The molecule has 0 unspecified atom stereocenters. The van der Waals surface area contributed by atoms with E-state index < -0.39 is 0 Å². The van der Waals surface area contributed by atoms with Gasteiger partial charge in [0.25, 0.3) is 11.1 Å². The number of aromatic nitrogens is 2. The fourth-order valence-electron chi connectivity index (χ4n) is 1.26. The fraction of sp³-hybridized carbons (Fsp3) is 0.417. The number of thiophene rings is 1. The zero-order valence-electron chi connectivity index (χ0n) is 10.5. The highest BCUT2D eigenvalue weighted by Crippen LogP contribution is 2.26. The predicted molar refractivity (Wildman–Crippen MR) is 74.2 cm³/mol. The minimum atomic E-state index is -0.255. The van der Waals surface area contributed by atoms with Crippen LogP contribution < -0.4 is 0 Å². The fourth-order valence-corrected chi connectivity index (χ4v) is 2.47. The Balaban J connectivity index is 1.79. The standard InChI is InChI=1S/C12H14N2O3S2/c1-2-3-6-16-10(15)8-19-12-14-13-11(17-12)9-5-4-7-18-9/h4-5,7H,2-3,6,8H2,1H3. The van der Waals surface area contributed by atoms with Crippen LogP contribution in [0.25, 0.3) is 10.8 Å². The van der Waals surface area contributed by atoms with Crippen molar-refractivity contribution in [2.24, 2.45) is 0 Å². The van der Waals surface area contributed by atoms with Crippen LogP contribution in [0.5, 0.6) is 0 Å². The molecule has 19 heavy (non-hydrogen) atoms. The van der Waals surface area contributed by atoms with Crippen LogP contribution in [0.15, 0.2) is 27.2 Å². The van der Waals surface area contributed by atoms with Gasteiger partial charge in [-0.3, -0.25) is 4.79 Å². The molecular weight excluding hydrogens is 284 g/mol. The van der Waals surface area contributed by atoms with Crippen LogP contribution in [-0.2, 0) is 9.53 Å². The van der Waals surface area contributed by atoms with Gasteiger partial charge in [0.1, 0.15) is 5.75 Å². The summed E-state index contributed by atoms with van der Waals surface area (Å²) in [6.45, 7) is 2.52. The van der Waals surface area contributed by atoms with E-state index in [0.717, 1.165) is 17.7 Å². The highest BCUT2D eigenvalue weighted by Gasteiger charge is 2.12. The number of ether oxygens (including phenoxy) is 1. The van der Waals surface area contributed by atoms with Crippen LogP contribution in [0, 0.1) is 0 Å². The lowest BCUT2D eigenvalue weighted by Crippen LogP contribution is -2.08. The molecule has 2 aromatic rings. The van der Waals surface area contributed by atoms with Crippen LogP contribution >= 0.6 is 23.1 Å². The number of hydrogen-bond donors (Lipinski definition) is 0. The van der Waals surface area contributed by atoms with E-state index in [1.165, 1.54) is 23.1 Å². The second-order valence-electron chi connectivity index (χ2n) is 3.71. The Morgan fingerprint density at radius 3 is 3.16 bits per heavy atom. The lowest BCUT2D eigenvalue weighted by molar-refractivity contribution is -0.140. The number of hydrogen-bond acceptors (Lipinski definition) is 7. The van der Waals surface area contributed by atoms with Gasteiger partial charge in [-0.25, -0.2) is 0 Å². The van der Waals surface area contributed by atoms with Crippen molar-refractivity contribution in [1.82, 2.24) is 10.2 Å². The van der Waals surface area contributed by atoms with Crippen molar-refractivity contribution < 1.29 is 13.9 Å². The Bertz CT molecular complexity index is 511. The van der Waals surface area contributed by atoms with Crippen molar-refractivity contribution in [1.29, 1.82) is 0 Å². The first-order chi connectivity index (χ1) is 9.29. The highest BCUT2D eigenvalue weighted by molar-refractivity contribution is 7.99. The van der Waals surface area contributed by atoms with Gasteiger partial charge < -0.3 is 9.15 Å². The minimum Gasteiger partial charge on any atom is -0.465 e.